The van der Waals surface area contributed by atoms with E-state index in [1.54, 1.807) is 4.90 Å². The summed E-state index contributed by atoms with van der Waals surface area (Å²) in [6.45, 7) is 8.83. The maximum Gasteiger partial charge on any atom is 0.317 e. The molecule has 0 aromatic rings. The van der Waals surface area contributed by atoms with Gasteiger partial charge in [0.25, 0.3) is 0 Å². The lowest BCUT2D eigenvalue weighted by molar-refractivity contribution is 0.192. The van der Waals surface area contributed by atoms with Crippen molar-refractivity contribution in [2.24, 2.45) is 0 Å². The Morgan fingerprint density at radius 2 is 2.07 bits per heavy atom. The highest BCUT2D eigenvalue weighted by atomic mass is 16.2. The van der Waals surface area contributed by atoms with Crippen LogP contribution < -0.4 is 5.32 Å². The number of carbonyl (C=O) groups is 1. The van der Waals surface area contributed by atoms with Crippen molar-refractivity contribution in [3.8, 4) is 6.07 Å². The fraction of sp³-hybridized carbons (Fsp3) is 0.800. The molecule has 0 radical (unpaired) electrons. The number of nitrogens with zero attached hydrogens (tertiary/aromatic N) is 2. The van der Waals surface area contributed by atoms with Crippen LogP contribution in [0.3, 0.4) is 0 Å². The van der Waals surface area contributed by atoms with Crippen LogP contribution in [-0.4, -0.2) is 29.6 Å². The van der Waals surface area contributed by atoms with Gasteiger partial charge in [-0.3, -0.25) is 0 Å². The van der Waals surface area contributed by atoms with Crippen LogP contribution in [0.5, 0.6) is 0 Å². The number of nitriles is 1. The third kappa shape index (κ3) is 5.41. The average Bonchev–Trinajstić information content (AvgIpc) is 2.02. The summed E-state index contributed by atoms with van der Waals surface area (Å²) < 4.78 is 0. The Morgan fingerprint density at radius 3 is 2.43 bits per heavy atom. The number of urea groups is 1. The molecule has 0 aromatic carbocycles. The summed E-state index contributed by atoms with van der Waals surface area (Å²) in [5, 5.41) is 11.3. The number of hydrogen-bond acceptors (Lipinski definition) is 2. The molecule has 4 heteroatoms. The summed E-state index contributed by atoms with van der Waals surface area (Å²) in [6, 6.07) is 1.93. The van der Waals surface area contributed by atoms with Crippen LogP contribution in [0.25, 0.3) is 0 Å². The van der Waals surface area contributed by atoms with E-state index in [1.165, 1.54) is 0 Å². The standard InChI is InChI=1S/C10H19N3O/c1-5-13(8-6-7-11)9(14)12-10(2,3)4/h5-6,8H2,1-4H3,(H,12,14). The normalized spacial score (nSPS) is 10.5. The number of nitrogens with one attached hydrogen (secondary N) is 1. The van der Waals surface area contributed by atoms with Crippen molar-refractivity contribution in [3.05, 3.63) is 0 Å². The molecule has 4 nitrogen and oxygen atoms in total. The Kier molecular flexibility index (Phi) is 5.00. The lowest BCUT2D eigenvalue weighted by Crippen LogP contribution is -2.48. The van der Waals surface area contributed by atoms with Crippen molar-refractivity contribution in [2.45, 2.75) is 39.7 Å². The van der Waals surface area contributed by atoms with E-state index in [0.717, 1.165) is 0 Å². The maximum atomic E-state index is 11.6. The second kappa shape index (κ2) is 5.48. The molecule has 1 N–H and O–H groups in total. The first-order valence-electron chi connectivity index (χ1n) is 4.84. The third-order valence-electron chi connectivity index (χ3n) is 1.64. The van der Waals surface area contributed by atoms with Gasteiger partial charge in [0.15, 0.2) is 0 Å². The zero-order valence-corrected chi connectivity index (χ0v) is 9.42. The molecule has 0 spiro atoms. The van der Waals surface area contributed by atoms with Crippen LogP contribution in [0.15, 0.2) is 0 Å². The van der Waals surface area contributed by atoms with E-state index in [4.69, 9.17) is 5.26 Å². The predicted molar refractivity (Wildman–Crippen MR) is 55.8 cm³/mol. The number of amides is 2. The molecule has 0 fully saturated rings. The fourth-order valence-electron chi connectivity index (χ4n) is 0.988. The van der Waals surface area contributed by atoms with Gasteiger partial charge in [-0.2, -0.15) is 5.26 Å². The minimum absolute atomic E-state index is 0.102. The van der Waals surface area contributed by atoms with Crippen molar-refractivity contribution in [2.75, 3.05) is 13.1 Å². The molecular weight excluding hydrogens is 178 g/mol. The predicted octanol–water partition coefficient (Wildman–Crippen LogP) is 1.73. The van der Waals surface area contributed by atoms with Gasteiger partial charge in [-0.25, -0.2) is 4.79 Å². The van der Waals surface area contributed by atoms with E-state index in [1.807, 2.05) is 33.8 Å². The Bertz CT molecular complexity index is 225. The first-order valence-corrected chi connectivity index (χ1v) is 4.84. The molecule has 0 saturated heterocycles. The summed E-state index contributed by atoms with van der Waals surface area (Å²) in [5.41, 5.74) is -0.225. The zero-order valence-electron chi connectivity index (χ0n) is 9.42. The van der Waals surface area contributed by atoms with Crippen molar-refractivity contribution < 1.29 is 4.79 Å². The molecule has 0 saturated carbocycles. The Balaban J connectivity index is 4.12. The SMILES string of the molecule is CCN(CCC#N)C(=O)NC(C)(C)C. The summed E-state index contributed by atoms with van der Waals surface area (Å²) in [6.07, 6.45) is 0.380. The molecule has 0 unspecified atom stereocenters. The third-order valence-corrected chi connectivity index (χ3v) is 1.64. The topological polar surface area (TPSA) is 56.1 Å². The van der Waals surface area contributed by atoms with E-state index in [0.29, 0.717) is 19.5 Å². The van der Waals surface area contributed by atoms with Crippen molar-refractivity contribution >= 4 is 6.03 Å². The smallest absolute Gasteiger partial charge is 0.317 e. The van der Waals surface area contributed by atoms with E-state index < -0.39 is 0 Å². The minimum Gasteiger partial charge on any atom is -0.333 e. The molecule has 0 atom stereocenters. The van der Waals surface area contributed by atoms with E-state index >= 15 is 0 Å². The molecule has 0 rings (SSSR count). The van der Waals surface area contributed by atoms with Crippen LogP contribution in [0.1, 0.15) is 34.1 Å². The van der Waals surface area contributed by atoms with Gasteiger partial charge in [-0.15, -0.1) is 0 Å². The van der Waals surface area contributed by atoms with E-state index in [-0.39, 0.29) is 11.6 Å². The molecular formula is C10H19N3O. The summed E-state index contributed by atoms with van der Waals surface area (Å²) in [7, 11) is 0. The summed E-state index contributed by atoms with van der Waals surface area (Å²) in [5.74, 6) is 0. The molecule has 0 aromatic heterocycles. The highest BCUT2D eigenvalue weighted by Crippen LogP contribution is 2.01. The number of hydrogen-bond donors (Lipinski definition) is 1. The Hall–Kier alpha value is -1.24. The van der Waals surface area contributed by atoms with Gasteiger partial charge in [0.05, 0.1) is 12.5 Å². The molecule has 0 aliphatic rings. The van der Waals surface area contributed by atoms with Crippen molar-refractivity contribution in [3.63, 3.8) is 0 Å². The van der Waals surface area contributed by atoms with Crippen molar-refractivity contribution in [1.82, 2.24) is 10.2 Å². The molecule has 14 heavy (non-hydrogen) atoms. The first kappa shape index (κ1) is 12.8. The summed E-state index contributed by atoms with van der Waals surface area (Å²) in [4.78, 5) is 13.2. The van der Waals surface area contributed by atoms with Gasteiger partial charge >= 0.3 is 6.03 Å². The van der Waals surface area contributed by atoms with Gasteiger partial charge < -0.3 is 10.2 Å². The monoisotopic (exact) mass is 197 g/mol. The van der Waals surface area contributed by atoms with E-state index in [2.05, 4.69) is 5.32 Å². The zero-order chi connectivity index (χ0) is 11.2. The molecule has 0 aliphatic heterocycles. The number of rotatable bonds is 3. The summed E-state index contributed by atoms with van der Waals surface area (Å²) >= 11 is 0. The fourth-order valence-corrected chi connectivity index (χ4v) is 0.988. The van der Waals surface area contributed by atoms with Crippen LogP contribution in [0, 0.1) is 11.3 Å². The van der Waals surface area contributed by atoms with Gasteiger partial charge in [0.2, 0.25) is 0 Å². The largest absolute Gasteiger partial charge is 0.333 e. The Morgan fingerprint density at radius 1 is 1.50 bits per heavy atom. The molecule has 0 heterocycles. The van der Waals surface area contributed by atoms with Crippen LogP contribution in [-0.2, 0) is 0 Å². The van der Waals surface area contributed by atoms with Gasteiger partial charge in [-0.05, 0) is 27.7 Å². The second-order valence-electron chi connectivity index (χ2n) is 4.17. The molecule has 0 aliphatic carbocycles. The van der Waals surface area contributed by atoms with Gasteiger partial charge in [0.1, 0.15) is 0 Å². The van der Waals surface area contributed by atoms with Gasteiger partial charge in [0, 0.05) is 18.6 Å². The van der Waals surface area contributed by atoms with Crippen LogP contribution >= 0.6 is 0 Å². The minimum atomic E-state index is -0.225. The van der Waals surface area contributed by atoms with Crippen LogP contribution in [0.4, 0.5) is 4.79 Å². The van der Waals surface area contributed by atoms with Gasteiger partial charge in [-0.1, -0.05) is 0 Å². The lowest BCUT2D eigenvalue weighted by atomic mass is 10.1. The molecule has 2 amide bonds. The number of carbonyl (C=O) groups excluding carboxylic acids is 1. The quantitative estimate of drug-likeness (QED) is 0.749. The van der Waals surface area contributed by atoms with Crippen molar-refractivity contribution in [1.29, 1.82) is 5.26 Å². The first-order chi connectivity index (χ1) is 6.40. The Labute approximate surface area is 85.9 Å². The average molecular weight is 197 g/mol. The molecule has 80 valence electrons. The maximum absolute atomic E-state index is 11.6. The molecule has 0 bridgehead atoms. The van der Waals surface area contributed by atoms with E-state index in [9.17, 15) is 4.79 Å². The highest BCUT2D eigenvalue weighted by molar-refractivity contribution is 5.74. The lowest BCUT2D eigenvalue weighted by Gasteiger charge is -2.27. The van der Waals surface area contributed by atoms with Crippen LogP contribution in [0.2, 0.25) is 0 Å². The highest BCUT2D eigenvalue weighted by Gasteiger charge is 2.17. The second-order valence-corrected chi connectivity index (χ2v) is 4.17.